The first kappa shape index (κ1) is 14.9. The zero-order valence-corrected chi connectivity index (χ0v) is 11.4. The predicted molar refractivity (Wildman–Crippen MR) is 67.0 cm³/mol. The highest BCUT2D eigenvalue weighted by Gasteiger charge is 2.26. The van der Waals surface area contributed by atoms with Gasteiger partial charge in [-0.25, -0.2) is 0 Å². The van der Waals surface area contributed by atoms with Crippen molar-refractivity contribution in [1.29, 1.82) is 0 Å². The Bertz CT molecular complexity index is 157. The Labute approximate surface area is 95.6 Å². The van der Waals surface area contributed by atoms with Gasteiger partial charge in [-0.15, -0.1) is 0 Å². The maximum absolute atomic E-state index is 6.05. The molecule has 0 saturated carbocycles. The molecule has 0 aliphatic rings. The van der Waals surface area contributed by atoms with Gasteiger partial charge in [-0.2, -0.15) is 0 Å². The maximum atomic E-state index is 6.05. The first-order valence-corrected chi connectivity index (χ1v) is 6.14. The number of hydrogen-bond donors (Lipinski definition) is 1. The number of rotatable bonds is 7. The molecule has 0 spiro atoms. The van der Waals surface area contributed by atoms with Crippen LogP contribution >= 0.6 is 0 Å². The topological polar surface area (TPSA) is 35.2 Å². The van der Waals surface area contributed by atoms with Crippen molar-refractivity contribution in [2.24, 2.45) is 11.1 Å². The third kappa shape index (κ3) is 6.16. The quantitative estimate of drug-likeness (QED) is 0.707. The van der Waals surface area contributed by atoms with E-state index in [-0.39, 0.29) is 11.7 Å². The van der Waals surface area contributed by atoms with E-state index in [4.69, 9.17) is 10.5 Å². The van der Waals surface area contributed by atoms with Gasteiger partial charge in [0.15, 0.2) is 0 Å². The van der Waals surface area contributed by atoms with Gasteiger partial charge in [0, 0.05) is 6.54 Å². The Morgan fingerprint density at radius 3 is 1.93 bits per heavy atom. The second kappa shape index (κ2) is 5.86. The van der Waals surface area contributed by atoms with E-state index in [0.717, 1.165) is 12.8 Å². The van der Waals surface area contributed by atoms with Crippen LogP contribution in [0.15, 0.2) is 0 Å². The lowest BCUT2D eigenvalue weighted by atomic mass is 9.84. The molecular formula is C13H29NO. The summed E-state index contributed by atoms with van der Waals surface area (Å²) in [4.78, 5) is 0. The lowest BCUT2D eigenvalue weighted by Gasteiger charge is -2.34. The Morgan fingerprint density at radius 2 is 1.60 bits per heavy atom. The van der Waals surface area contributed by atoms with Gasteiger partial charge in [-0.3, -0.25) is 0 Å². The molecule has 2 heteroatoms. The van der Waals surface area contributed by atoms with Crippen LogP contribution in [-0.4, -0.2) is 18.2 Å². The van der Waals surface area contributed by atoms with E-state index in [2.05, 4.69) is 41.5 Å². The average molecular weight is 215 g/mol. The van der Waals surface area contributed by atoms with Crippen LogP contribution in [0.5, 0.6) is 0 Å². The van der Waals surface area contributed by atoms with Crippen LogP contribution < -0.4 is 5.73 Å². The highest BCUT2D eigenvalue weighted by Crippen LogP contribution is 2.29. The van der Waals surface area contributed by atoms with Gasteiger partial charge in [0.05, 0.1) is 11.7 Å². The molecule has 0 heterocycles. The Morgan fingerprint density at radius 1 is 1.07 bits per heavy atom. The van der Waals surface area contributed by atoms with Gasteiger partial charge in [-0.05, 0) is 32.1 Å². The lowest BCUT2D eigenvalue weighted by Crippen LogP contribution is -2.37. The molecule has 2 N–H and O–H groups in total. The SMILES string of the molecule is CCC(C)(C)CC(CN)OC(C)(C)CC. The monoisotopic (exact) mass is 215 g/mol. The van der Waals surface area contributed by atoms with Crippen LogP contribution in [0.1, 0.15) is 60.8 Å². The summed E-state index contributed by atoms with van der Waals surface area (Å²) in [6.45, 7) is 13.8. The van der Waals surface area contributed by atoms with E-state index in [1.54, 1.807) is 0 Å². The largest absolute Gasteiger partial charge is 0.371 e. The number of hydrogen-bond acceptors (Lipinski definition) is 2. The van der Waals surface area contributed by atoms with Crippen molar-refractivity contribution < 1.29 is 4.74 Å². The molecule has 0 bridgehead atoms. The molecule has 2 nitrogen and oxygen atoms in total. The van der Waals surface area contributed by atoms with Crippen molar-refractivity contribution >= 4 is 0 Å². The zero-order chi connectivity index (χ0) is 12.1. The minimum absolute atomic E-state index is 0.0478. The molecule has 1 unspecified atom stereocenters. The van der Waals surface area contributed by atoms with Crippen molar-refractivity contribution in [1.82, 2.24) is 0 Å². The molecule has 15 heavy (non-hydrogen) atoms. The molecule has 0 aliphatic carbocycles. The average Bonchev–Trinajstić information content (AvgIpc) is 2.16. The van der Waals surface area contributed by atoms with Gasteiger partial charge < -0.3 is 10.5 Å². The lowest BCUT2D eigenvalue weighted by molar-refractivity contribution is -0.0835. The summed E-state index contributed by atoms with van der Waals surface area (Å²) in [5, 5.41) is 0. The summed E-state index contributed by atoms with van der Waals surface area (Å²) in [7, 11) is 0. The summed E-state index contributed by atoms with van der Waals surface area (Å²) in [6, 6.07) is 0. The van der Waals surface area contributed by atoms with Gasteiger partial charge in [-0.1, -0.05) is 34.1 Å². The summed E-state index contributed by atoms with van der Waals surface area (Å²) < 4.78 is 6.05. The van der Waals surface area contributed by atoms with Crippen molar-refractivity contribution in [3.63, 3.8) is 0 Å². The molecule has 0 aromatic rings. The van der Waals surface area contributed by atoms with E-state index < -0.39 is 0 Å². The molecule has 0 radical (unpaired) electrons. The Balaban J connectivity index is 4.27. The van der Waals surface area contributed by atoms with Gasteiger partial charge in [0.25, 0.3) is 0 Å². The predicted octanol–water partition coefficient (Wildman–Crippen LogP) is 3.35. The summed E-state index contributed by atoms with van der Waals surface area (Å²) in [5.74, 6) is 0. The molecule has 1 atom stereocenters. The number of ether oxygens (including phenoxy) is 1. The van der Waals surface area contributed by atoms with Crippen LogP contribution in [0.25, 0.3) is 0 Å². The normalized spacial score (nSPS) is 15.4. The smallest absolute Gasteiger partial charge is 0.0709 e. The third-order valence-corrected chi connectivity index (χ3v) is 3.34. The molecular weight excluding hydrogens is 186 g/mol. The highest BCUT2D eigenvalue weighted by molar-refractivity contribution is 4.77. The Hall–Kier alpha value is -0.0800. The van der Waals surface area contributed by atoms with Gasteiger partial charge in [0.2, 0.25) is 0 Å². The zero-order valence-electron chi connectivity index (χ0n) is 11.4. The second-order valence-corrected chi connectivity index (χ2v) is 5.81. The van der Waals surface area contributed by atoms with Crippen LogP contribution in [0.3, 0.4) is 0 Å². The van der Waals surface area contributed by atoms with Crippen molar-refractivity contribution in [3.8, 4) is 0 Å². The van der Waals surface area contributed by atoms with Crippen molar-refractivity contribution in [2.45, 2.75) is 72.5 Å². The van der Waals surface area contributed by atoms with Crippen molar-refractivity contribution in [3.05, 3.63) is 0 Å². The summed E-state index contributed by atoms with van der Waals surface area (Å²) in [5.41, 5.74) is 6.05. The maximum Gasteiger partial charge on any atom is 0.0709 e. The fourth-order valence-corrected chi connectivity index (χ4v) is 1.47. The first-order valence-electron chi connectivity index (χ1n) is 6.14. The van der Waals surface area contributed by atoms with Crippen LogP contribution in [0.2, 0.25) is 0 Å². The standard InChI is InChI=1S/C13H29NO/c1-7-12(3,4)9-11(10-14)15-13(5,6)8-2/h11H,7-10,14H2,1-6H3. The van der Waals surface area contributed by atoms with Gasteiger partial charge in [0.1, 0.15) is 0 Å². The van der Waals surface area contributed by atoms with E-state index in [1.165, 1.54) is 6.42 Å². The molecule has 0 saturated heterocycles. The van der Waals surface area contributed by atoms with E-state index in [9.17, 15) is 0 Å². The highest BCUT2D eigenvalue weighted by atomic mass is 16.5. The Kier molecular flexibility index (Phi) is 5.82. The second-order valence-electron chi connectivity index (χ2n) is 5.81. The molecule has 0 fully saturated rings. The van der Waals surface area contributed by atoms with E-state index >= 15 is 0 Å². The van der Waals surface area contributed by atoms with Crippen LogP contribution in [0.4, 0.5) is 0 Å². The van der Waals surface area contributed by atoms with Crippen LogP contribution in [-0.2, 0) is 4.74 Å². The van der Waals surface area contributed by atoms with Crippen molar-refractivity contribution in [2.75, 3.05) is 6.54 Å². The molecule has 0 rings (SSSR count). The molecule has 0 amide bonds. The first-order chi connectivity index (χ1) is 6.76. The molecule has 0 aliphatic heterocycles. The molecule has 92 valence electrons. The minimum Gasteiger partial charge on any atom is -0.371 e. The molecule has 0 aromatic carbocycles. The fourth-order valence-electron chi connectivity index (χ4n) is 1.47. The molecule has 0 aromatic heterocycles. The summed E-state index contributed by atoms with van der Waals surface area (Å²) in [6.07, 6.45) is 3.42. The fraction of sp³-hybridized carbons (Fsp3) is 1.00. The van der Waals surface area contributed by atoms with Crippen LogP contribution in [0, 0.1) is 5.41 Å². The minimum atomic E-state index is -0.0478. The third-order valence-electron chi connectivity index (χ3n) is 3.34. The number of nitrogens with two attached hydrogens (primary N) is 1. The van der Waals surface area contributed by atoms with Gasteiger partial charge >= 0.3 is 0 Å². The summed E-state index contributed by atoms with van der Waals surface area (Å²) >= 11 is 0. The van der Waals surface area contributed by atoms with E-state index in [0.29, 0.717) is 12.0 Å². The van der Waals surface area contributed by atoms with E-state index in [1.807, 2.05) is 0 Å².